The number of rotatable bonds is 3. The number of carbonyl (C=O) groups excluding carboxylic acids is 2. The third-order valence-corrected chi connectivity index (χ3v) is 5.20. The van der Waals surface area contributed by atoms with Gasteiger partial charge in [0.2, 0.25) is 0 Å². The van der Waals surface area contributed by atoms with Gasteiger partial charge in [0.25, 0.3) is 0 Å². The third kappa shape index (κ3) is 3.24. The maximum Gasteiger partial charge on any atom is 0.337 e. The highest BCUT2D eigenvalue weighted by molar-refractivity contribution is 5.94. The Kier molecular flexibility index (Phi) is 4.76. The number of nitrogens with one attached hydrogen (secondary N) is 1. The minimum absolute atomic E-state index is 0.0916. The number of benzene rings is 1. The Labute approximate surface area is 142 Å². The summed E-state index contributed by atoms with van der Waals surface area (Å²) in [4.78, 5) is 28.4. The molecule has 130 valence electrons. The van der Waals surface area contributed by atoms with Gasteiger partial charge in [0.1, 0.15) is 0 Å². The molecule has 2 aliphatic rings. The Bertz CT molecular complexity index is 618. The van der Waals surface area contributed by atoms with Crippen molar-refractivity contribution in [1.29, 1.82) is 0 Å². The number of methoxy groups -OCH3 is 1. The number of nitrogens with zero attached hydrogens (tertiary/aromatic N) is 2. The molecule has 1 aromatic carbocycles. The predicted octanol–water partition coefficient (Wildman–Crippen LogP) is 2.28. The third-order valence-electron chi connectivity index (χ3n) is 5.20. The molecular formula is C18H25N3O3. The van der Waals surface area contributed by atoms with E-state index in [0.717, 1.165) is 13.1 Å². The fraction of sp³-hybridized carbons (Fsp3) is 0.556. The van der Waals surface area contributed by atoms with Crippen LogP contribution in [0, 0.1) is 11.8 Å². The molecule has 1 unspecified atom stereocenters. The van der Waals surface area contributed by atoms with Gasteiger partial charge in [-0.3, -0.25) is 0 Å². The van der Waals surface area contributed by atoms with Gasteiger partial charge in [-0.2, -0.15) is 0 Å². The second-order valence-corrected chi connectivity index (χ2v) is 6.96. The van der Waals surface area contributed by atoms with Crippen molar-refractivity contribution in [2.24, 2.45) is 11.8 Å². The quantitative estimate of drug-likeness (QED) is 0.863. The van der Waals surface area contributed by atoms with Crippen molar-refractivity contribution >= 4 is 17.7 Å². The normalized spacial score (nSPS) is 25.7. The fourth-order valence-corrected chi connectivity index (χ4v) is 4.25. The zero-order chi connectivity index (χ0) is 17.3. The Morgan fingerprint density at radius 2 is 1.88 bits per heavy atom. The Morgan fingerprint density at radius 3 is 2.46 bits per heavy atom. The first-order valence-corrected chi connectivity index (χ1v) is 8.40. The van der Waals surface area contributed by atoms with Crippen LogP contribution in [-0.4, -0.2) is 62.1 Å². The van der Waals surface area contributed by atoms with Crippen molar-refractivity contribution in [2.75, 3.05) is 39.6 Å². The van der Waals surface area contributed by atoms with Crippen LogP contribution >= 0.6 is 0 Å². The number of urea groups is 1. The maximum absolute atomic E-state index is 12.6. The molecule has 1 aromatic rings. The number of hydrogen-bond acceptors (Lipinski definition) is 4. The summed E-state index contributed by atoms with van der Waals surface area (Å²) >= 11 is 0. The molecule has 6 heteroatoms. The summed E-state index contributed by atoms with van der Waals surface area (Å²) in [5.74, 6) is 0.688. The molecule has 1 heterocycles. The van der Waals surface area contributed by atoms with E-state index in [1.807, 2.05) is 4.90 Å². The van der Waals surface area contributed by atoms with E-state index in [9.17, 15) is 9.59 Å². The highest BCUT2D eigenvalue weighted by atomic mass is 16.5. The van der Waals surface area contributed by atoms with Gasteiger partial charge in [-0.25, -0.2) is 9.59 Å². The van der Waals surface area contributed by atoms with Crippen LogP contribution in [0.3, 0.4) is 0 Å². The summed E-state index contributed by atoms with van der Waals surface area (Å²) in [6, 6.07) is 7.33. The molecule has 1 saturated heterocycles. The van der Waals surface area contributed by atoms with Gasteiger partial charge in [-0.05, 0) is 57.0 Å². The average molecular weight is 331 g/mol. The van der Waals surface area contributed by atoms with Gasteiger partial charge in [0.15, 0.2) is 0 Å². The molecule has 0 aromatic heterocycles. The highest BCUT2D eigenvalue weighted by Gasteiger charge is 2.44. The largest absolute Gasteiger partial charge is 0.465 e. The Morgan fingerprint density at radius 1 is 1.21 bits per heavy atom. The van der Waals surface area contributed by atoms with E-state index >= 15 is 0 Å². The van der Waals surface area contributed by atoms with Crippen LogP contribution in [0.5, 0.6) is 0 Å². The summed E-state index contributed by atoms with van der Waals surface area (Å²) in [5, 5.41) is 2.91. The van der Waals surface area contributed by atoms with E-state index < -0.39 is 5.97 Å². The standard InChI is InChI=1S/C18H25N3O3/c1-20(2)16-13-7-8-14(16)11-21(10-13)18(23)19-15-6-4-5-12(9-15)17(22)24-3/h4-6,9,13-14,16H,7-8,10-11H2,1-3H3,(H,19,23)/t13-,14+,16?. The number of ether oxygens (including phenoxy) is 1. The lowest BCUT2D eigenvalue weighted by Gasteiger charge is -2.41. The van der Waals surface area contributed by atoms with E-state index in [1.54, 1.807) is 24.3 Å². The van der Waals surface area contributed by atoms with Crippen LogP contribution in [0.2, 0.25) is 0 Å². The molecular weight excluding hydrogens is 306 g/mol. The summed E-state index contributed by atoms with van der Waals surface area (Å²) in [5.41, 5.74) is 1.05. The fourth-order valence-electron chi connectivity index (χ4n) is 4.25. The summed E-state index contributed by atoms with van der Waals surface area (Å²) in [6.07, 6.45) is 2.38. The molecule has 1 aliphatic heterocycles. The summed E-state index contributed by atoms with van der Waals surface area (Å²) in [6.45, 7) is 1.59. The molecule has 1 N–H and O–H groups in total. The van der Waals surface area contributed by atoms with Gasteiger partial charge in [-0.1, -0.05) is 6.07 Å². The first-order valence-electron chi connectivity index (χ1n) is 8.40. The van der Waals surface area contributed by atoms with Crippen LogP contribution in [-0.2, 0) is 4.74 Å². The number of hydrogen-bond donors (Lipinski definition) is 1. The van der Waals surface area contributed by atoms with E-state index in [-0.39, 0.29) is 6.03 Å². The van der Waals surface area contributed by atoms with Gasteiger partial charge in [-0.15, -0.1) is 0 Å². The van der Waals surface area contributed by atoms with Crippen LogP contribution in [0.15, 0.2) is 24.3 Å². The zero-order valence-electron chi connectivity index (χ0n) is 14.5. The average Bonchev–Trinajstić information content (AvgIpc) is 2.85. The summed E-state index contributed by atoms with van der Waals surface area (Å²) in [7, 11) is 5.60. The smallest absolute Gasteiger partial charge is 0.337 e. The molecule has 24 heavy (non-hydrogen) atoms. The summed E-state index contributed by atoms with van der Waals surface area (Å²) < 4.78 is 4.72. The molecule has 2 bridgehead atoms. The second-order valence-electron chi connectivity index (χ2n) is 6.96. The minimum atomic E-state index is -0.407. The molecule has 2 fully saturated rings. The van der Waals surface area contributed by atoms with Crippen molar-refractivity contribution in [3.05, 3.63) is 29.8 Å². The van der Waals surface area contributed by atoms with Crippen molar-refractivity contribution in [2.45, 2.75) is 18.9 Å². The van der Waals surface area contributed by atoms with Crippen LogP contribution in [0.4, 0.5) is 10.5 Å². The lowest BCUT2D eigenvalue weighted by Crippen LogP contribution is -2.53. The van der Waals surface area contributed by atoms with E-state index in [0.29, 0.717) is 29.1 Å². The number of anilines is 1. The second kappa shape index (κ2) is 6.81. The van der Waals surface area contributed by atoms with E-state index in [2.05, 4.69) is 24.3 Å². The van der Waals surface area contributed by atoms with Crippen molar-refractivity contribution < 1.29 is 14.3 Å². The number of piperidine rings is 1. The van der Waals surface area contributed by atoms with Gasteiger partial charge in [0.05, 0.1) is 12.7 Å². The van der Waals surface area contributed by atoms with Gasteiger partial charge in [0, 0.05) is 24.8 Å². The highest BCUT2D eigenvalue weighted by Crippen LogP contribution is 2.39. The lowest BCUT2D eigenvalue weighted by molar-refractivity contribution is 0.0600. The van der Waals surface area contributed by atoms with Crippen molar-refractivity contribution in [1.82, 2.24) is 9.80 Å². The first-order chi connectivity index (χ1) is 11.5. The lowest BCUT2D eigenvalue weighted by atomic mass is 9.91. The number of amides is 2. The molecule has 2 amide bonds. The number of esters is 1. The molecule has 1 aliphatic carbocycles. The van der Waals surface area contributed by atoms with Crippen molar-refractivity contribution in [3.8, 4) is 0 Å². The SMILES string of the molecule is COC(=O)c1cccc(NC(=O)N2C[C@H]3CC[C@@H](C2)C3N(C)C)c1. The van der Waals surface area contributed by atoms with Crippen LogP contribution in [0.25, 0.3) is 0 Å². The molecule has 0 radical (unpaired) electrons. The maximum atomic E-state index is 12.6. The van der Waals surface area contributed by atoms with Crippen molar-refractivity contribution in [3.63, 3.8) is 0 Å². The molecule has 0 spiro atoms. The Hall–Kier alpha value is -2.08. The predicted molar refractivity (Wildman–Crippen MR) is 92.1 cm³/mol. The molecule has 1 saturated carbocycles. The molecule has 3 rings (SSSR count). The van der Waals surface area contributed by atoms with E-state index in [1.165, 1.54) is 20.0 Å². The minimum Gasteiger partial charge on any atom is -0.465 e. The molecule has 6 nitrogen and oxygen atoms in total. The van der Waals surface area contributed by atoms with Gasteiger partial charge >= 0.3 is 12.0 Å². The number of likely N-dealkylation sites (tertiary alicyclic amines) is 1. The topological polar surface area (TPSA) is 61.9 Å². The van der Waals surface area contributed by atoms with Crippen LogP contribution in [0.1, 0.15) is 23.2 Å². The zero-order valence-corrected chi connectivity index (χ0v) is 14.5. The number of carbonyl (C=O) groups is 2. The Balaban J connectivity index is 1.65. The van der Waals surface area contributed by atoms with E-state index in [4.69, 9.17) is 4.74 Å². The van der Waals surface area contributed by atoms with Gasteiger partial charge < -0.3 is 19.9 Å². The number of fused-ring (bicyclic) bond motifs is 2. The molecule has 3 atom stereocenters. The first kappa shape index (κ1) is 16.8. The monoisotopic (exact) mass is 331 g/mol. The van der Waals surface area contributed by atoms with Crippen LogP contribution < -0.4 is 5.32 Å².